The minimum absolute atomic E-state index is 0.0692. The molecule has 1 saturated carbocycles. The van der Waals surface area contributed by atoms with Crippen LogP contribution in [0.25, 0.3) is 10.9 Å². The van der Waals surface area contributed by atoms with E-state index >= 15 is 0 Å². The molecule has 1 heterocycles. The number of hydrogen-bond acceptors (Lipinski definition) is 3. The molecule has 3 atom stereocenters. The van der Waals surface area contributed by atoms with Gasteiger partial charge in [-0.25, -0.2) is 0 Å². The molecule has 0 saturated heterocycles. The third-order valence-corrected chi connectivity index (χ3v) is 6.05. The Morgan fingerprint density at radius 3 is 2.88 bits per heavy atom. The monoisotopic (exact) mass is 373 g/mol. The molecule has 1 amide bonds. The Morgan fingerprint density at radius 1 is 1.31 bits per heavy atom. The number of nitrogens with zero attached hydrogens (tertiary/aromatic N) is 1. The maximum Gasteiger partial charge on any atom is 0.262 e. The van der Waals surface area contributed by atoms with E-state index in [1.54, 1.807) is 10.6 Å². The molecule has 1 aromatic heterocycles. The summed E-state index contributed by atoms with van der Waals surface area (Å²) in [4.78, 5) is 28.0. The van der Waals surface area contributed by atoms with Crippen LogP contribution in [0.5, 0.6) is 0 Å². The highest BCUT2D eigenvalue weighted by molar-refractivity contribution is 7.71. The van der Waals surface area contributed by atoms with Gasteiger partial charge in [-0.05, 0) is 49.0 Å². The van der Waals surface area contributed by atoms with Crippen molar-refractivity contribution in [1.29, 1.82) is 0 Å². The van der Waals surface area contributed by atoms with Crippen LogP contribution < -0.4 is 10.9 Å². The highest BCUT2D eigenvalue weighted by Crippen LogP contribution is 2.29. The third kappa shape index (κ3) is 4.06. The summed E-state index contributed by atoms with van der Waals surface area (Å²) < 4.78 is 1.96. The Hall–Kier alpha value is -1.95. The first-order valence-corrected chi connectivity index (χ1v) is 9.89. The molecule has 6 heteroatoms. The number of H-pyrrole nitrogens is 1. The SMILES string of the molecule is C[C@@H]1[C@H](C)CCC[C@H]1NC(=O)CCCn1c(=S)[nH]c2ccccc2c1=O. The summed E-state index contributed by atoms with van der Waals surface area (Å²) in [6.07, 6.45) is 4.49. The summed E-state index contributed by atoms with van der Waals surface area (Å²) in [5.74, 6) is 1.24. The molecular weight excluding hydrogens is 346 g/mol. The Balaban J connectivity index is 1.60. The highest BCUT2D eigenvalue weighted by atomic mass is 32.1. The first-order valence-electron chi connectivity index (χ1n) is 9.48. The first kappa shape index (κ1) is 18.8. The molecule has 1 aromatic carbocycles. The molecule has 26 heavy (non-hydrogen) atoms. The number of para-hydroxylation sites is 1. The summed E-state index contributed by atoms with van der Waals surface area (Å²) >= 11 is 5.31. The van der Waals surface area contributed by atoms with Gasteiger partial charge in [-0.15, -0.1) is 0 Å². The Morgan fingerprint density at radius 2 is 2.08 bits per heavy atom. The van der Waals surface area contributed by atoms with Gasteiger partial charge >= 0.3 is 0 Å². The highest BCUT2D eigenvalue weighted by Gasteiger charge is 2.27. The lowest BCUT2D eigenvalue weighted by Gasteiger charge is -2.34. The number of nitrogens with one attached hydrogen (secondary N) is 2. The summed E-state index contributed by atoms with van der Waals surface area (Å²) in [7, 11) is 0. The van der Waals surface area contributed by atoms with Crippen LogP contribution in [0, 0.1) is 16.6 Å². The molecule has 1 fully saturated rings. The summed E-state index contributed by atoms with van der Waals surface area (Å²) in [6, 6.07) is 7.62. The molecule has 0 unspecified atom stereocenters. The quantitative estimate of drug-likeness (QED) is 0.784. The van der Waals surface area contributed by atoms with Crippen molar-refractivity contribution in [2.75, 3.05) is 0 Å². The Kier molecular flexibility index (Phi) is 5.91. The molecular formula is C20H27N3O2S. The van der Waals surface area contributed by atoms with Crippen molar-refractivity contribution >= 4 is 29.0 Å². The van der Waals surface area contributed by atoms with Crippen LogP contribution >= 0.6 is 12.2 Å². The third-order valence-electron chi connectivity index (χ3n) is 5.73. The number of fused-ring (bicyclic) bond motifs is 1. The smallest absolute Gasteiger partial charge is 0.262 e. The van der Waals surface area contributed by atoms with Gasteiger partial charge in [-0.3, -0.25) is 14.2 Å². The van der Waals surface area contributed by atoms with Gasteiger partial charge in [0.25, 0.3) is 5.56 Å². The van der Waals surface area contributed by atoms with E-state index in [9.17, 15) is 9.59 Å². The van der Waals surface area contributed by atoms with Crippen LogP contribution in [0.3, 0.4) is 0 Å². The standard InChI is InChI=1S/C20H27N3O2S/c1-13-7-5-10-16(14(13)2)21-18(24)11-6-12-23-19(25)15-8-3-4-9-17(15)22-20(23)26/h3-4,8-9,13-14,16H,5-7,10-12H2,1-2H3,(H,21,24)(H,22,26)/t13-,14-,16-/m1/s1. The normalized spacial score (nSPS) is 23.1. The second-order valence-electron chi connectivity index (χ2n) is 7.48. The molecule has 0 spiro atoms. The number of rotatable bonds is 5. The predicted octanol–water partition coefficient (Wildman–Crippen LogP) is 3.78. The van der Waals surface area contributed by atoms with Gasteiger partial charge in [-0.2, -0.15) is 0 Å². The van der Waals surface area contributed by atoms with Crippen molar-refractivity contribution in [2.45, 2.75) is 58.5 Å². The van der Waals surface area contributed by atoms with Gasteiger partial charge in [0.1, 0.15) is 0 Å². The van der Waals surface area contributed by atoms with Crippen molar-refractivity contribution in [3.8, 4) is 0 Å². The molecule has 1 aliphatic rings. The van der Waals surface area contributed by atoms with Crippen LogP contribution in [0.4, 0.5) is 0 Å². The number of aromatic amines is 1. The lowest BCUT2D eigenvalue weighted by molar-refractivity contribution is -0.122. The number of benzene rings is 1. The van der Waals surface area contributed by atoms with E-state index in [2.05, 4.69) is 24.1 Å². The van der Waals surface area contributed by atoms with Crippen molar-refractivity contribution in [1.82, 2.24) is 14.9 Å². The Bertz CT molecular complexity index is 902. The van der Waals surface area contributed by atoms with E-state index < -0.39 is 0 Å². The predicted molar refractivity (Wildman–Crippen MR) is 107 cm³/mol. The fourth-order valence-electron chi connectivity index (χ4n) is 3.86. The van der Waals surface area contributed by atoms with E-state index in [0.717, 1.165) is 11.9 Å². The average Bonchev–Trinajstić information content (AvgIpc) is 2.62. The lowest BCUT2D eigenvalue weighted by atomic mass is 9.78. The van der Waals surface area contributed by atoms with Crippen LogP contribution in [0.2, 0.25) is 0 Å². The Labute approximate surface area is 158 Å². The zero-order chi connectivity index (χ0) is 18.7. The molecule has 0 radical (unpaired) electrons. The fourth-order valence-corrected chi connectivity index (χ4v) is 4.15. The number of aromatic nitrogens is 2. The van der Waals surface area contributed by atoms with E-state index in [0.29, 0.717) is 41.4 Å². The number of amides is 1. The van der Waals surface area contributed by atoms with E-state index in [1.807, 2.05) is 18.2 Å². The molecule has 2 aromatic rings. The largest absolute Gasteiger partial charge is 0.353 e. The van der Waals surface area contributed by atoms with Crippen LogP contribution in [0.1, 0.15) is 46.0 Å². The van der Waals surface area contributed by atoms with Crippen molar-refractivity contribution < 1.29 is 4.79 Å². The average molecular weight is 374 g/mol. The number of hydrogen-bond donors (Lipinski definition) is 2. The zero-order valence-corrected chi connectivity index (χ0v) is 16.3. The first-order chi connectivity index (χ1) is 12.5. The van der Waals surface area contributed by atoms with Crippen LogP contribution in [-0.4, -0.2) is 21.5 Å². The molecule has 0 bridgehead atoms. The maximum absolute atomic E-state index is 12.6. The number of carbonyl (C=O) groups excluding carboxylic acids is 1. The molecule has 0 aliphatic heterocycles. The van der Waals surface area contributed by atoms with Crippen molar-refractivity contribution in [3.63, 3.8) is 0 Å². The number of carbonyl (C=O) groups is 1. The summed E-state index contributed by atoms with van der Waals surface area (Å²) in [5, 5.41) is 3.80. The lowest BCUT2D eigenvalue weighted by Crippen LogP contribution is -2.43. The molecule has 1 aliphatic carbocycles. The zero-order valence-electron chi connectivity index (χ0n) is 15.5. The van der Waals surface area contributed by atoms with Gasteiger partial charge in [0.05, 0.1) is 10.9 Å². The van der Waals surface area contributed by atoms with Crippen LogP contribution in [0.15, 0.2) is 29.1 Å². The maximum atomic E-state index is 12.6. The van der Waals surface area contributed by atoms with E-state index in [1.165, 1.54) is 12.8 Å². The topological polar surface area (TPSA) is 66.9 Å². The van der Waals surface area contributed by atoms with E-state index in [4.69, 9.17) is 12.2 Å². The molecule has 2 N–H and O–H groups in total. The van der Waals surface area contributed by atoms with Gasteiger partial charge < -0.3 is 10.3 Å². The summed E-state index contributed by atoms with van der Waals surface area (Å²) in [5.41, 5.74) is 0.649. The fraction of sp³-hybridized carbons (Fsp3) is 0.550. The van der Waals surface area contributed by atoms with Crippen molar-refractivity contribution in [3.05, 3.63) is 39.4 Å². The molecule has 140 valence electrons. The van der Waals surface area contributed by atoms with Gasteiger partial charge in [0.15, 0.2) is 4.77 Å². The second kappa shape index (κ2) is 8.16. The molecule has 5 nitrogen and oxygen atoms in total. The van der Waals surface area contributed by atoms with Crippen molar-refractivity contribution in [2.24, 2.45) is 11.8 Å². The molecule has 3 rings (SSSR count). The van der Waals surface area contributed by atoms with E-state index in [-0.39, 0.29) is 17.5 Å². The second-order valence-corrected chi connectivity index (χ2v) is 7.86. The minimum Gasteiger partial charge on any atom is -0.353 e. The van der Waals surface area contributed by atoms with Gasteiger partial charge in [-0.1, -0.05) is 38.8 Å². The van der Waals surface area contributed by atoms with Crippen LogP contribution in [-0.2, 0) is 11.3 Å². The summed E-state index contributed by atoms with van der Waals surface area (Å²) in [6.45, 7) is 4.93. The minimum atomic E-state index is -0.0977. The van der Waals surface area contributed by atoms with Gasteiger partial charge in [0.2, 0.25) is 5.91 Å². The van der Waals surface area contributed by atoms with Gasteiger partial charge in [0, 0.05) is 19.0 Å².